The van der Waals surface area contributed by atoms with Gasteiger partial charge in [0, 0.05) is 30.7 Å². The Morgan fingerprint density at radius 1 is 1.47 bits per heavy atom. The maximum absolute atomic E-state index is 9.79. The molecule has 3 heteroatoms. The maximum Gasteiger partial charge on any atom is 0.120 e. The van der Waals surface area contributed by atoms with Gasteiger partial charge >= 0.3 is 0 Å². The van der Waals surface area contributed by atoms with E-state index < -0.39 is 0 Å². The number of nitrogens with zero attached hydrogens (tertiary/aromatic N) is 1. The van der Waals surface area contributed by atoms with Crippen molar-refractivity contribution in [2.24, 2.45) is 5.73 Å². The summed E-state index contributed by atoms with van der Waals surface area (Å²) in [7, 11) is 0. The van der Waals surface area contributed by atoms with Crippen molar-refractivity contribution in [2.45, 2.75) is 32.5 Å². The van der Waals surface area contributed by atoms with E-state index >= 15 is 0 Å². The van der Waals surface area contributed by atoms with Gasteiger partial charge in [-0.1, -0.05) is 12.1 Å². The number of nitrogens with two attached hydrogens (primary N) is 1. The fraction of sp³-hybridized carbons (Fsp3) is 0.500. The van der Waals surface area contributed by atoms with Gasteiger partial charge in [-0.05, 0) is 25.5 Å². The summed E-state index contributed by atoms with van der Waals surface area (Å²) in [6.45, 7) is 5.97. The minimum absolute atomic E-state index is 0.0169. The number of aromatic hydroxyl groups is 1. The Bertz CT molecular complexity index is 363. The van der Waals surface area contributed by atoms with Crippen LogP contribution in [0.3, 0.4) is 0 Å². The molecule has 3 N–H and O–H groups in total. The largest absolute Gasteiger partial charge is 0.508 e. The molecule has 1 heterocycles. The quantitative estimate of drug-likeness (QED) is 0.734. The summed E-state index contributed by atoms with van der Waals surface area (Å²) in [5.74, 6) is 0.369. The lowest BCUT2D eigenvalue weighted by atomic mass is 9.94. The number of hydrogen-bond acceptors (Lipinski definition) is 3. The summed E-state index contributed by atoms with van der Waals surface area (Å²) >= 11 is 0. The van der Waals surface area contributed by atoms with Crippen LogP contribution in [0.5, 0.6) is 5.75 Å². The number of phenols is 1. The normalized spacial score (nSPS) is 21.7. The molecule has 0 amide bonds. The molecule has 0 spiro atoms. The van der Waals surface area contributed by atoms with Crippen molar-refractivity contribution in [3.05, 3.63) is 29.3 Å². The molecule has 1 aliphatic heterocycles. The van der Waals surface area contributed by atoms with Crippen molar-refractivity contribution >= 4 is 0 Å². The van der Waals surface area contributed by atoms with Crippen molar-refractivity contribution in [3.8, 4) is 5.75 Å². The molecule has 1 aromatic carbocycles. The first-order valence-corrected chi connectivity index (χ1v) is 5.40. The third-order valence-electron chi connectivity index (χ3n) is 3.11. The highest BCUT2D eigenvalue weighted by Crippen LogP contribution is 2.31. The SMILES string of the molecule is CC(C)N1Cc2c(O)cccc2C(N)C1. The monoisotopic (exact) mass is 206 g/mol. The van der Waals surface area contributed by atoms with Gasteiger partial charge in [-0.3, -0.25) is 4.90 Å². The van der Waals surface area contributed by atoms with E-state index in [0.29, 0.717) is 11.8 Å². The molecule has 0 fully saturated rings. The first-order chi connectivity index (χ1) is 7.09. The lowest BCUT2D eigenvalue weighted by Crippen LogP contribution is -2.40. The van der Waals surface area contributed by atoms with Crippen LogP contribution in [0.15, 0.2) is 18.2 Å². The number of hydrogen-bond donors (Lipinski definition) is 2. The Morgan fingerprint density at radius 2 is 2.20 bits per heavy atom. The third-order valence-corrected chi connectivity index (χ3v) is 3.11. The molecule has 1 aliphatic rings. The van der Waals surface area contributed by atoms with Gasteiger partial charge in [0.15, 0.2) is 0 Å². The van der Waals surface area contributed by atoms with E-state index in [1.54, 1.807) is 6.07 Å². The summed E-state index contributed by atoms with van der Waals surface area (Å²) in [6.07, 6.45) is 0. The first kappa shape index (κ1) is 10.5. The van der Waals surface area contributed by atoms with Crippen LogP contribution in [0.4, 0.5) is 0 Å². The van der Waals surface area contributed by atoms with Crippen LogP contribution >= 0.6 is 0 Å². The van der Waals surface area contributed by atoms with Crippen molar-refractivity contribution in [3.63, 3.8) is 0 Å². The molecule has 0 bridgehead atoms. The van der Waals surface area contributed by atoms with Gasteiger partial charge in [-0.25, -0.2) is 0 Å². The number of phenolic OH excluding ortho intramolecular Hbond substituents is 1. The van der Waals surface area contributed by atoms with E-state index in [1.165, 1.54) is 0 Å². The Morgan fingerprint density at radius 3 is 2.87 bits per heavy atom. The topological polar surface area (TPSA) is 49.5 Å². The van der Waals surface area contributed by atoms with E-state index in [1.807, 2.05) is 12.1 Å². The zero-order valence-electron chi connectivity index (χ0n) is 9.27. The van der Waals surface area contributed by atoms with E-state index in [0.717, 1.165) is 24.2 Å². The van der Waals surface area contributed by atoms with Crippen LogP contribution < -0.4 is 5.73 Å². The highest BCUT2D eigenvalue weighted by molar-refractivity contribution is 5.42. The summed E-state index contributed by atoms with van der Waals surface area (Å²) in [5.41, 5.74) is 8.17. The smallest absolute Gasteiger partial charge is 0.120 e. The minimum Gasteiger partial charge on any atom is -0.508 e. The number of rotatable bonds is 1. The standard InChI is InChI=1S/C12H18N2O/c1-8(2)14-6-10-9(11(13)7-14)4-3-5-12(10)15/h3-5,8,11,15H,6-7,13H2,1-2H3. The second-order valence-corrected chi connectivity index (χ2v) is 4.47. The van der Waals surface area contributed by atoms with E-state index in [2.05, 4.69) is 18.7 Å². The Balaban J connectivity index is 2.37. The lowest BCUT2D eigenvalue weighted by molar-refractivity contribution is 0.182. The van der Waals surface area contributed by atoms with E-state index in [-0.39, 0.29) is 6.04 Å². The molecule has 3 nitrogen and oxygen atoms in total. The number of benzene rings is 1. The van der Waals surface area contributed by atoms with Gasteiger partial charge in [0.1, 0.15) is 5.75 Å². The minimum atomic E-state index is 0.0169. The summed E-state index contributed by atoms with van der Waals surface area (Å²) < 4.78 is 0. The lowest BCUT2D eigenvalue weighted by Gasteiger charge is -2.35. The molecule has 1 atom stereocenters. The average Bonchev–Trinajstić information content (AvgIpc) is 2.19. The fourth-order valence-corrected chi connectivity index (χ4v) is 2.12. The Hall–Kier alpha value is -1.06. The van der Waals surface area contributed by atoms with Gasteiger partial charge < -0.3 is 10.8 Å². The van der Waals surface area contributed by atoms with Crippen LogP contribution in [0, 0.1) is 0 Å². The molecule has 2 rings (SSSR count). The number of fused-ring (bicyclic) bond motifs is 1. The van der Waals surface area contributed by atoms with Crippen LogP contribution in [-0.2, 0) is 6.54 Å². The van der Waals surface area contributed by atoms with Crippen molar-refractivity contribution in [1.82, 2.24) is 4.90 Å². The highest BCUT2D eigenvalue weighted by atomic mass is 16.3. The molecule has 0 saturated heterocycles. The fourth-order valence-electron chi connectivity index (χ4n) is 2.12. The van der Waals surface area contributed by atoms with Crippen LogP contribution in [0.25, 0.3) is 0 Å². The molecule has 15 heavy (non-hydrogen) atoms. The van der Waals surface area contributed by atoms with Gasteiger partial charge in [-0.15, -0.1) is 0 Å². The van der Waals surface area contributed by atoms with Gasteiger partial charge in [0.05, 0.1) is 0 Å². The average molecular weight is 206 g/mol. The summed E-state index contributed by atoms with van der Waals surface area (Å²) in [5, 5.41) is 9.79. The van der Waals surface area contributed by atoms with Crippen LogP contribution in [0.1, 0.15) is 31.0 Å². The molecule has 1 aromatic rings. The molecule has 0 radical (unpaired) electrons. The molecule has 0 aliphatic carbocycles. The summed E-state index contributed by atoms with van der Waals surface area (Å²) in [4.78, 5) is 2.28. The second kappa shape index (κ2) is 3.83. The molecular formula is C12H18N2O. The molecule has 0 saturated carbocycles. The van der Waals surface area contributed by atoms with E-state index in [9.17, 15) is 5.11 Å². The predicted octanol–water partition coefficient (Wildman–Crippen LogP) is 1.62. The van der Waals surface area contributed by atoms with Gasteiger partial charge in [-0.2, -0.15) is 0 Å². The molecule has 82 valence electrons. The second-order valence-electron chi connectivity index (χ2n) is 4.47. The zero-order chi connectivity index (χ0) is 11.0. The molecular weight excluding hydrogens is 188 g/mol. The van der Waals surface area contributed by atoms with Crippen LogP contribution in [-0.4, -0.2) is 22.6 Å². The van der Waals surface area contributed by atoms with Gasteiger partial charge in [0.25, 0.3) is 0 Å². The molecule has 1 unspecified atom stereocenters. The zero-order valence-corrected chi connectivity index (χ0v) is 9.27. The maximum atomic E-state index is 9.79. The van der Waals surface area contributed by atoms with Gasteiger partial charge in [0.2, 0.25) is 0 Å². The van der Waals surface area contributed by atoms with E-state index in [4.69, 9.17) is 5.73 Å². The highest BCUT2D eigenvalue weighted by Gasteiger charge is 2.25. The van der Waals surface area contributed by atoms with Crippen LogP contribution in [0.2, 0.25) is 0 Å². The third kappa shape index (κ3) is 1.85. The Kier molecular flexibility index (Phi) is 2.67. The van der Waals surface area contributed by atoms with Crippen molar-refractivity contribution in [1.29, 1.82) is 0 Å². The van der Waals surface area contributed by atoms with Crippen molar-refractivity contribution < 1.29 is 5.11 Å². The summed E-state index contributed by atoms with van der Waals surface area (Å²) in [6, 6.07) is 6.08. The predicted molar refractivity (Wildman–Crippen MR) is 60.6 cm³/mol. The Labute approximate surface area is 90.5 Å². The van der Waals surface area contributed by atoms with Crippen molar-refractivity contribution in [2.75, 3.05) is 6.54 Å². The first-order valence-electron chi connectivity index (χ1n) is 5.40. The molecule has 0 aromatic heterocycles.